The second-order valence-corrected chi connectivity index (χ2v) is 3.98. The molecule has 1 aliphatic heterocycles. The van der Waals surface area contributed by atoms with Crippen molar-refractivity contribution in [3.8, 4) is 0 Å². The largest absolute Gasteiger partial charge is 0.395 e. The molecule has 1 unspecified atom stereocenters. The zero-order chi connectivity index (χ0) is 10.4. The van der Waals surface area contributed by atoms with Crippen molar-refractivity contribution < 1.29 is 5.11 Å². The molecule has 0 amide bonds. The van der Waals surface area contributed by atoms with Crippen LogP contribution in [-0.2, 0) is 0 Å². The molecule has 0 aromatic carbocycles. The first kappa shape index (κ1) is 11.7. The molecule has 0 aromatic rings. The van der Waals surface area contributed by atoms with Crippen molar-refractivity contribution in [1.29, 1.82) is 0 Å². The molecule has 1 saturated heterocycles. The molecule has 0 saturated carbocycles. The van der Waals surface area contributed by atoms with Gasteiger partial charge in [-0.2, -0.15) is 0 Å². The lowest BCUT2D eigenvalue weighted by Gasteiger charge is -2.23. The Kier molecular flexibility index (Phi) is 5.15. The minimum atomic E-state index is 0.286. The summed E-state index contributed by atoms with van der Waals surface area (Å²) in [5, 5.41) is 12.4. The quantitative estimate of drug-likeness (QED) is 0.614. The van der Waals surface area contributed by atoms with Crippen LogP contribution in [0.3, 0.4) is 0 Å². The predicted octanol–water partition coefficient (Wildman–Crippen LogP) is 0.609. The van der Waals surface area contributed by atoms with E-state index < -0.39 is 0 Å². The Morgan fingerprint density at radius 2 is 2.43 bits per heavy atom. The van der Waals surface area contributed by atoms with Crippen LogP contribution in [0.4, 0.5) is 0 Å². The molecule has 82 valence electrons. The molecule has 1 atom stereocenters. The molecule has 3 nitrogen and oxygen atoms in total. The summed E-state index contributed by atoms with van der Waals surface area (Å²) in [6.45, 7) is 10.3. The van der Waals surface area contributed by atoms with Crippen LogP contribution in [0.25, 0.3) is 0 Å². The highest BCUT2D eigenvalue weighted by molar-refractivity contribution is 5.01. The monoisotopic (exact) mass is 198 g/mol. The fraction of sp³-hybridized carbons (Fsp3) is 0.818. The van der Waals surface area contributed by atoms with Crippen LogP contribution in [0.2, 0.25) is 0 Å². The number of likely N-dealkylation sites (N-methyl/N-ethyl adjacent to an activating group) is 1. The normalized spacial score (nSPS) is 22.9. The smallest absolute Gasteiger partial charge is 0.0587 e. The van der Waals surface area contributed by atoms with Gasteiger partial charge >= 0.3 is 0 Å². The number of aliphatic hydroxyl groups excluding tert-OH is 1. The first-order valence-corrected chi connectivity index (χ1v) is 5.50. The molecule has 3 heteroatoms. The van der Waals surface area contributed by atoms with Gasteiger partial charge in [0.1, 0.15) is 0 Å². The van der Waals surface area contributed by atoms with Crippen molar-refractivity contribution in [2.24, 2.45) is 0 Å². The van der Waals surface area contributed by atoms with Gasteiger partial charge < -0.3 is 10.4 Å². The van der Waals surface area contributed by atoms with E-state index in [0.29, 0.717) is 6.04 Å². The van der Waals surface area contributed by atoms with E-state index in [1.54, 1.807) is 0 Å². The molecular weight excluding hydrogens is 176 g/mol. The van der Waals surface area contributed by atoms with Crippen molar-refractivity contribution in [2.75, 3.05) is 32.8 Å². The van der Waals surface area contributed by atoms with Crippen molar-refractivity contribution in [1.82, 2.24) is 10.2 Å². The van der Waals surface area contributed by atoms with Crippen LogP contribution in [0.1, 0.15) is 19.8 Å². The van der Waals surface area contributed by atoms with Crippen LogP contribution < -0.4 is 5.32 Å². The highest BCUT2D eigenvalue weighted by Gasteiger charge is 2.23. The molecule has 0 spiro atoms. The SMILES string of the molecule is C=C(CNCC)CN1CCCC1CO. The second-order valence-electron chi connectivity index (χ2n) is 3.98. The number of rotatable bonds is 6. The topological polar surface area (TPSA) is 35.5 Å². The molecule has 1 rings (SSSR count). The van der Waals surface area contributed by atoms with Crippen molar-refractivity contribution >= 4 is 0 Å². The van der Waals surface area contributed by atoms with Gasteiger partial charge in [-0.25, -0.2) is 0 Å². The minimum Gasteiger partial charge on any atom is -0.395 e. The summed E-state index contributed by atoms with van der Waals surface area (Å²) in [7, 11) is 0. The van der Waals surface area contributed by atoms with Gasteiger partial charge in [0, 0.05) is 19.1 Å². The van der Waals surface area contributed by atoms with Gasteiger partial charge in [-0.1, -0.05) is 13.5 Å². The van der Waals surface area contributed by atoms with Crippen LogP contribution in [0, 0.1) is 0 Å². The Hall–Kier alpha value is -0.380. The van der Waals surface area contributed by atoms with E-state index in [4.69, 9.17) is 5.11 Å². The summed E-state index contributed by atoms with van der Waals surface area (Å²) in [6.07, 6.45) is 2.34. The van der Waals surface area contributed by atoms with E-state index >= 15 is 0 Å². The third-order valence-corrected chi connectivity index (χ3v) is 2.76. The Morgan fingerprint density at radius 3 is 3.07 bits per heavy atom. The summed E-state index contributed by atoms with van der Waals surface area (Å²) in [6, 6.07) is 0.369. The molecule has 0 radical (unpaired) electrons. The minimum absolute atomic E-state index is 0.286. The lowest BCUT2D eigenvalue weighted by molar-refractivity contribution is 0.167. The van der Waals surface area contributed by atoms with E-state index in [-0.39, 0.29) is 6.61 Å². The van der Waals surface area contributed by atoms with Crippen molar-refractivity contribution in [3.05, 3.63) is 12.2 Å². The van der Waals surface area contributed by atoms with Crippen LogP contribution >= 0.6 is 0 Å². The summed E-state index contributed by atoms with van der Waals surface area (Å²) in [5.41, 5.74) is 1.22. The first-order valence-electron chi connectivity index (χ1n) is 5.50. The first-order chi connectivity index (χ1) is 6.77. The predicted molar refractivity (Wildman–Crippen MR) is 59.4 cm³/mol. The van der Waals surface area contributed by atoms with Crippen LogP contribution in [0.15, 0.2) is 12.2 Å². The molecule has 1 aliphatic rings. The van der Waals surface area contributed by atoms with Gasteiger partial charge in [0.05, 0.1) is 6.61 Å². The fourth-order valence-corrected chi connectivity index (χ4v) is 1.95. The molecule has 0 aromatic heterocycles. The maximum absolute atomic E-state index is 9.14. The average Bonchev–Trinajstić information content (AvgIpc) is 2.62. The Morgan fingerprint density at radius 1 is 1.64 bits per heavy atom. The summed E-state index contributed by atoms with van der Waals surface area (Å²) >= 11 is 0. The number of hydrogen-bond acceptors (Lipinski definition) is 3. The zero-order valence-corrected chi connectivity index (χ0v) is 9.13. The Balaban J connectivity index is 2.25. The summed E-state index contributed by atoms with van der Waals surface area (Å²) in [5.74, 6) is 0. The molecule has 14 heavy (non-hydrogen) atoms. The van der Waals surface area contributed by atoms with Gasteiger partial charge in [0.15, 0.2) is 0 Å². The van der Waals surface area contributed by atoms with Gasteiger partial charge in [0.25, 0.3) is 0 Å². The Labute approximate surface area is 86.8 Å². The lowest BCUT2D eigenvalue weighted by atomic mass is 10.2. The van der Waals surface area contributed by atoms with Gasteiger partial charge in [-0.3, -0.25) is 4.90 Å². The highest BCUT2D eigenvalue weighted by Crippen LogP contribution is 2.17. The van der Waals surface area contributed by atoms with E-state index in [0.717, 1.165) is 32.6 Å². The molecule has 1 heterocycles. The second kappa shape index (κ2) is 6.17. The molecule has 0 bridgehead atoms. The van der Waals surface area contributed by atoms with E-state index in [1.807, 2.05) is 0 Å². The number of nitrogens with zero attached hydrogens (tertiary/aromatic N) is 1. The van der Waals surface area contributed by atoms with Crippen molar-refractivity contribution in [3.63, 3.8) is 0 Å². The molecule has 0 aliphatic carbocycles. The summed E-state index contributed by atoms with van der Waals surface area (Å²) in [4.78, 5) is 2.33. The molecule has 1 fully saturated rings. The number of likely N-dealkylation sites (tertiary alicyclic amines) is 1. The Bertz CT molecular complexity index is 182. The average molecular weight is 198 g/mol. The maximum atomic E-state index is 9.14. The van der Waals surface area contributed by atoms with E-state index in [1.165, 1.54) is 12.0 Å². The summed E-state index contributed by atoms with van der Waals surface area (Å²) < 4.78 is 0. The maximum Gasteiger partial charge on any atom is 0.0587 e. The molecule has 2 N–H and O–H groups in total. The van der Waals surface area contributed by atoms with Crippen molar-refractivity contribution in [2.45, 2.75) is 25.8 Å². The van der Waals surface area contributed by atoms with Gasteiger partial charge in [-0.15, -0.1) is 0 Å². The third kappa shape index (κ3) is 3.40. The molecular formula is C11H22N2O. The van der Waals surface area contributed by atoms with E-state index in [2.05, 4.69) is 23.7 Å². The third-order valence-electron chi connectivity index (χ3n) is 2.76. The van der Waals surface area contributed by atoms with E-state index in [9.17, 15) is 0 Å². The van der Waals surface area contributed by atoms with Crippen LogP contribution in [0.5, 0.6) is 0 Å². The number of aliphatic hydroxyl groups is 1. The zero-order valence-electron chi connectivity index (χ0n) is 9.13. The standard InChI is InChI=1S/C11H22N2O/c1-3-12-7-10(2)8-13-6-4-5-11(13)9-14/h11-12,14H,2-9H2,1H3. The highest BCUT2D eigenvalue weighted by atomic mass is 16.3. The van der Waals surface area contributed by atoms with Gasteiger partial charge in [0.2, 0.25) is 0 Å². The number of nitrogens with one attached hydrogen (secondary N) is 1. The van der Waals surface area contributed by atoms with Gasteiger partial charge in [-0.05, 0) is 31.5 Å². The number of hydrogen-bond donors (Lipinski definition) is 2. The van der Waals surface area contributed by atoms with Crippen LogP contribution in [-0.4, -0.2) is 48.8 Å². The fourth-order valence-electron chi connectivity index (χ4n) is 1.95. The lowest BCUT2D eigenvalue weighted by Crippen LogP contribution is -2.35.